The van der Waals surface area contributed by atoms with Crippen molar-refractivity contribution < 1.29 is 14.7 Å². The highest BCUT2D eigenvalue weighted by atomic mass is 16.3. The van der Waals surface area contributed by atoms with Crippen molar-refractivity contribution in [3.8, 4) is 5.75 Å². The third-order valence-corrected chi connectivity index (χ3v) is 4.54. The number of aromatic hydroxyl groups is 1. The molecule has 1 aliphatic rings. The number of nitrogens with one attached hydrogen (secondary N) is 1. The minimum Gasteiger partial charge on any atom is -0.507 e. The first-order valence-corrected chi connectivity index (χ1v) is 8.49. The second kappa shape index (κ2) is 7.38. The molecule has 0 atom stereocenters. The Bertz CT molecular complexity index is 766. The van der Waals surface area contributed by atoms with Crippen molar-refractivity contribution in [1.82, 2.24) is 10.2 Å². The summed E-state index contributed by atoms with van der Waals surface area (Å²) >= 11 is 0. The van der Waals surface area contributed by atoms with Gasteiger partial charge in [0, 0.05) is 24.7 Å². The molecule has 1 heterocycles. The van der Waals surface area contributed by atoms with Gasteiger partial charge in [-0.2, -0.15) is 0 Å². The number of amides is 2. The van der Waals surface area contributed by atoms with Crippen LogP contribution in [0.25, 0.3) is 0 Å². The van der Waals surface area contributed by atoms with Crippen molar-refractivity contribution in [2.75, 3.05) is 13.1 Å². The molecule has 25 heavy (non-hydrogen) atoms. The van der Waals surface area contributed by atoms with Crippen molar-refractivity contribution in [3.05, 3.63) is 65.2 Å². The van der Waals surface area contributed by atoms with Crippen LogP contribution in [0.1, 0.15) is 39.1 Å². The van der Waals surface area contributed by atoms with Gasteiger partial charge < -0.3 is 15.3 Å². The van der Waals surface area contributed by atoms with E-state index in [4.69, 9.17) is 0 Å². The number of hydrogen-bond donors (Lipinski definition) is 2. The predicted molar refractivity (Wildman–Crippen MR) is 95.7 cm³/mol. The van der Waals surface area contributed by atoms with E-state index in [1.807, 2.05) is 31.2 Å². The lowest BCUT2D eigenvalue weighted by molar-refractivity contribution is 0.0695. The van der Waals surface area contributed by atoms with Gasteiger partial charge >= 0.3 is 0 Å². The van der Waals surface area contributed by atoms with Crippen molar-refractivity contribution in [3.63, 3.8) is 0 Å². The average Bonchev–Trinajstić information content (AvgIpc) is 2.62. The van der Waals surface area contributed by atoms with Crippen LogP contribution in [0.2, 0.25) is 0 Å². The highest BCUT2D eigenvalue weighted by Gasteiger charge is 2.26. The first kappa shape index (κ1) is 17.0. The molecule has 2 amide bonds. The van der Waals surface area contributed by atoms with E-state index in [1.54, 1.807) is 29.2 Å². The number of benzene rings is 2. The zero-order valence-corrected chi connectivity index (χ0v) is 14.2. The van der Waals surface area contributed by atoms with Crippen LogP contribution in [-0.2, 0) is 0 Å². The first-order valence-electron chi connectivity index (χ1n) is 8.49. The quantitative estimate of drug-likeness (QED) is 0.904. The molecule has 0 radical (unpaired) electrons. The lowest BCUT2D eigenvalue weighted by Crippen LogP contribution is -2.46. The fraction of sp³-hybridized carbons (Fsp3) is 0.300. The normalized spacial score (nSPS) is 15.0. The summed E-state index contributed by atoms with van der Waals surface area (Å²) in [5.74, 6) is -0.226. The number of carbonyl (C=O) groups excluding carboxylic acids is 2. The molecular formula is C20H22N2O3. The number of phenolic OH excluding ortho intramolecular Hbond substituents is 1. The van der Waals surface area contributed by atoms with E-state index in [9.17, 15) is 14.7 Å². The maximum Gasteiger partial charge on any atom is 0.257 e. The Morgan fingerprint density at radius 3 is 2.40 bits per heavy atom. The van der Waals surface area contributed by atoms with Gasteiger partial charge in [0.05, 0.1) is 5.56 Å². The zero-order valence-electron chi connectivity index (χ0n) is 14.2. The van der Waals surface area contributed by atoms with E-state index >= 15 is 0 Å². The number of likely N-dealkylation sites (tertiary alicyclic amines) is 1. The molecular weight excluding hydrogens is 316 g/mol. The first-order chi connectivity index (χ1) is 12.0. The Labute approximate surface area is 147 Å². The third kappa shape index (κ3) is 3.99. The monoisotopic (exact) mass is 338 g/mol. The van der Waals surface area contributed by atoms with E-state index in [2.05, 4.69) is 5.32 Å². The number of carbonyl (C=O) groups is 2. The lowest BCUT2D eigenvalue weighted by Gasteiger charge is -2.32. The molecule has 5 heteroatoms. The standard InChI is InChI=1S/C20H22N2O3/c1-14-7-8-17(18(23)13-14)20(25)22-11-9-16(10-12-22)21-19(24)15-5-3-2-4-6-15/h2-8,13,16,23H,9-12H2,1H3,(H,21,24). The fourth-order valence-corrected chi connectivity index (χ4v) is 3.08. The summed E-state index contributed by atoms with van der Waals surface area (Å²) in [4.78, 5) is 26.5. The summed E-state index contributed by atoms with van der Waals surface area (Å²) in [6, 6.07) is 14.3. The minimum atomic E-state index is -0.162. The number of piperidine rings is 1. The molecule has 3 rings (SSSR count). The van der Waals surface area contributed by atoms with Crippen LogP contribution in [0.3, 0.4) is 0 Å². The molecule has 5 nitrogen and oxygen atoms in total. The maximum absolute atomic E-state index is 12.6. The zero-order chi connectivity index (χ0) is 17.8. The molecule has 0 spiro atoms. The van der Waals surface area contributed by atoms with Gasteiger partial charge in [0.25, 0.3) is 11.8 Å². The van der Waals surface area contributed by atoms with Crippen molar-refractivity contribution >= 4 is 11.8 Å². The second-order valence-corrected chi connectivity index (χ2v) is 6.43. The molecule has 2 aromatic carbocycles. The molecule has 0 aliphatic carbocycles. The van der Waals surface area contributed by atoms with Gasteiger partial charge in [-0.15, -0.1) is 0 Å². The minimum absolute atomic E-state index is 0.0181. The van der Waals surface area contributed by atoms with E-state index < -0.39 is 0 Å². The number of rotatable bonds is 3. The van der Waals surface area contributed by atoms with Crippen LogP contribution < -0.4 is 5.32 Å². The number of aryl methyl sites for hydroxylation is 1. The van der Waals surface area contributed by atoms with Crippen LogP contribution >= 0.6 is 0 Å². The maximum atomic E-state index is 12.6. The van der Waals surface area contributed by atoms with E-state index in [0.717, 1.165) is 5.56 Å². The van der Waals surface area contributed by atoms with Gasteiger partial charge in [0.2, 0.25) is 0 Å². The Balaban J connectivity index is 1.56. The molecule has 1 fully saturated rings. The molecule has 0 bridgehead atoms. The van der Waals surface area contributed by atoms with Crippen molar-refractivity contribution in [2.45, 2.75) is 25.8 Å². The molecule has 0 aromatic heterocycles. The summed E-state index contributed by atoms with van der Waals surface area (Å²) in [7, 11) is 0. The van der Waals surface area contributed by atoms with E-state index in [0.29, 0.717) is 37.1 Å². The van der Waals surface area contributed by atoms with Gasteiger partial charge in [0.1, 0.15) is 5.75 Å². The average molecular weight is 338 g/mol. The number of phenols is 1. The Hall–Kier alpha value is -2.82. The van der Waals surface area contributed by atoms with E-state index in [1.165, 1.54) is 0 Å². The summed E-state index contributed by atoms with van der Waals surface area (Å²) in [5, 5.41) is 13.0. The summed E-state index contributed by atoms with van der Waals surface area (Å²) in [6.45, 7) is 2.99. The van der Waals surface area contributed by atoms with Gasteiger partial charge in [0.15, 0.2) is 0 Å². The van der Waals surface area contributed by atoms with Crippen LogP contribution in [0.4, 0.5) is 0 Å². The topological polar surface area (TPSA) is 69.6 Å². The van der Waals surface area contributed by atoms with E-state index in [-0.39, 0.29) is 23.6 Å². The van der Waals surface area contributed by atoms with Gasteiger partial charge in [-0.1, -0.05) is 24.3 Å². The van der Waals surface area contributed by atoms with Crippen LogP contribution in [0.5, 0.6) is 5.75 Å². The van der Waals surface area contributed by atoms with Crippen molar-refractivity contribution in [2.24, 2.45) is 0 Å². The lowest BCUT2D eigenvalue weighted by atomic mass is 10.0. The summed E-state index contributed by atoms with van der Waals surface area (Å²) in [5.41, 5.74) is 1.89. The third-order valence-electron chi connectivity index (χ3n) is 4.54. The van der Waals surface area contributed by atoms with Gasteiger partial charge in [-0.05, 0) is 49.6 Å². The smallest absolute Gasteiger partial charge is 0.257 e. The van der Waals surface area contributed by atoms with Crippen molar-refractivity contribution in [1.29, 1.82) is 0 Å². The predicted octanol–water partition coefficient (Wildman–Crippen LogP) is 2.74. The second-order valence-electron chi connectivity index (χ2n) is 6.43. The SMILES string of the molecule is Cc1ccc(C(=O)N2CCC(NC(=O)c3ccccc3)CC2)c(O)c1. The molecule has 2 aromatic rings. The Kier molecular flexibility index (Phi) is 5.03. The van der Waals surface area contributed by atoms with Crippen LogP contribution in [0, 0.1) is 6.92 Å². The summed E-state index contributed by atoms with van der Waals surface area (Å²) in [6.07, 6.45) is 1.41. The highest BCUT2D eigenvalue weighted by Crippen LogP contribution is 2.22. The Morgan fingerprint density at radius 1 is 1.08 bits per heavy atom. The molecule has 1 saturated heterocycles. The molecule has 2 N–H and O–H groups in total. The van der Waals surface area contributed by atoms with Gasteiger partial charge in [-0.3, -0.25) is 9.59 Å². The number of hydrogen-bond acceptors (Lipinski definition) is 3. The highest BCUT2D eigenvalue weighted by molar-refractivity contribution is 5.97. The number of nitrogens with zero attached hydrogens (tertiary/aromatic N) is 1. The largest absolute Gasteiger partial charge is 0.507 e. The van der Waals surface area contributed by atoms with Crippen LogP contribution in [0.15, 0.2) is 48.5 Å². The summed E-state index contributed by atoms with van der Waals surface area (Å²) < 4.78 is 0. The van der Waals surface area contributed by atoms with Crippen LogP contribution in [-0.4, -0.2) is 41.0 Å². The molecule has 1 aliphatic heterocycles. The molecule has 0 saturated carbocycles. The fourth-order valence-electron chi connectivity index (χ4n) is 3.08. The molecule has 0 unspecified atom stereocenters. The van der Waals surface area contributed by atoms with Gasteiger partial charge in [-0.25, -0.2) is 0 Å². The Morgan fingerprint density at radius 2 is 1.76 bits per heavy atom. The molecule has 130 valence electrons.